The first kappa shape index (κ1) is 48.9. The number of amides is 3. The molecule has 2 aromatic carbocycles. The predicted octanol–water partition coefficient (Wildman–Crippen LogP) is 4.02. The van der Waals surface area contributed by atoms with Crippen molar-refractivity contribution < 1.29 is 29.3 Å². The van der Waals surface area contributed by atoms with Gasteiger partial charge in [-0.25, -0.2) is 9.97 Å². The number of phenolic OH excluding ortho intramolecular Hbond substituents is 1. The number of aliphatic hydroxyl groups is 1. The lowest BCUT2D eigenvalue weighted by Gasteiger charge is -2.56. The zero-order valence-corrected chi connectivity index (χ0v) is 41.9. The smallest absolute Gasteiger partial charge is 0.246 e. The second-order valence-electron chi connectivity index (χ2n) is 21.8. The topological polar surface area (TPSA) is 205 Å². The van der Waals surface area contributed by atoms with E-state index >= 15 is 0 Å². The van der Waals surface area contributed by atoms with Gasteiger partial charge in [-0.1, -0.05) is 44.9 Å². The zero-order chi connectivity index (χ0) is 50.3. The number of carbonyl (C=O) groups excluding carboxylic acids is 3. The van der Waals surface area contributed by atoms with Gasteiger partial charge in [0, 0.05) is 101 Å². The van der Waals surface area contributed by atoms with Crippen LogP contribution in [-0.4, -0.2) is 154 Å². The van der Waals surface area contributed by atoms with Crippen molar-refractivity contribution in [3.05, 3.63) is 72.1 Å². The van der Waals surface area contributed by atoms with Crippen LogP contribution in [0.5, 0.6) is 11.5 Å². The first-order valence-electron chi connectivity index (χ1n) is 25.6. The Hall–Kier alpha value is -6.71. The Morgan fingerprint density at radius 2 is 1.67 bits per heavy atom. The number of hydrogen-bond donors (Lipinski definition) is 5. The van der Waals surface area contributed by atoms with Crippen LogP contribution in [0.4, 0.5) is 23.1 Å². The van der Waals surface area contributed by atoms with Gasteiger partial charge in [0.2, 0.25) is 23.7 Å². The molecule has 4 aromatic rings. The summed E-state index contributed by atoms with van der Waals surface area (Å²) in [7, 11) is 1.54. The molecule has 10 rings (SSSR count). The van der Waals surface area contributed by atoms with E-state index in [2.05, 4.69) is 51.7 Å². The third-order valence-corrected chi connectivity index (χ3v) is 16.3. The molecule has 6 aliphatic rings. The minimum Gasteiger partial charge on any atom is -0.507 e. The number of aliphatic hydroxyl groups excluding tert-OH is 1. The second kappa shape index (κ2) is 20.1. The highest BCUT2D eigenvalue weighted by Gasteiger charge is 2.50. The summed E-state index contributed by atoms with van der Waals surface area (Å²) in [6, 6.07) is 13.5. The summed E-state index contributed by atoms with van der Waals surface area (Å²) in [5.41, 5.74) is 4.35. The molecule has 2 aromatic heterocycles. The molecule has 4 aliphatic heterocycles. The minimum absolute atomic E-state index is 0.0146. The molecule has 3 amide bonds. The van der Waals surface area contributed by atoms with Crippen molar-refractivity contribution in [2.45, 2.75) is 103 Å². The maximum Gasteiger partial charge on any atom is 0.246 e. The third kappa shape index (κ3) is 9.93. The number of methoxy groups -OCH3 is 1. The number of benzene rings is 2. The lowest BCUT2D eigenvalue weighted by molar-refractivity contribution is -0.145. The third-order valence-electron chi connectivity index (χ3n) is 16.3. The number of nitrogens with one attached hydrogen (secondary N) is 3. The molecule has 0 unspecified atom stereocenters. The van der Waals surface area contributed by atoms with Crippen molar-refractivity contribution in [1.29, 1.82) is 0 Å². The molecule has 0 bridgehead atoms. The fourth-order valence-electron chi connectivity index (χ4n) is 12.0. The highest BCUT2D eigenvalue weighted by molar-refractivity contribution is 5.93. The number of piperazine rings is 2. The summed E-state index contributed by atoms with van der Waals surface area (Å²) in [4.78, 5) is 62.7. The Balaban J connectivity index is 0.669. The number of phenols is 1. The number of aromatic hydroxyl groups is 1. The van der Waals surface area contributed by atoms with Crippen LogP contribution in [0.2, 0.25) is 0 Å². The normalized spacial score (nSPS) is 25.6. The van der Waals surface area contributed by atoms with Crippen molar-refractivity contribution in [3.8, 4) is 35.1 Å². The van der Waals surface area contributed by atoms with E-state index in [1.54, 1.807) is 30.3 Å². The number of nitrogens with zero attached hydrogens (tertiary/aromatic N) is 9. The van der Waals surface area contributed by atoms with E-state index in [0.717, 1.165) is 120 Å². The second-order valence-corrected chi connectivity index (χ2v) is 21.8. The van der Waals surface area contributed by atoms with Crippen LogP contribution >= 0.6 is 0 Å². The molecule has 5 N–H and O–H groups in total. The first-order chi connectivity index (χ1) is 34.7. The molecule has 3 saturated heterocycles. The first-order valence-corrected chi connectivity index (χ1v) is 25.6. The SMILES string of the molecule is C#Cc1ccc(CNC(=O)[C@@H]2C[C@@H](O)CN2C(=O)[C@@H](NC(=O)[C@H]2CCC3(CC2)C[C@H](N2CCN(c4cnc(N5CCN6c7cc(-c8ccccc8O)nnc7NC[C@H]6C5)nc4)CC2)C3)C(C)(C)C)c(OC)c1. The van der Waals surface area contributed by atoms with Gasteiger partial charge >= 0.3 is 0 Å². The molecule has 0 radical (unpaired) electrons. The van der Waals surface area contributed by atoms with Gasteiger partial charge in [0.05, 0.1) is 48.7 Å². The van der Waals surface area contributed by atoms with E-state index in [0.29, 0.717) is 28.6 Å². The van der Waals surface area contributed by atoms with Crippen molar-refractivity contribution in [1.82, 2.24) is 40.6 Å². The molecule has 5 fully saturated rings. The molecule has 2 aliphatic carbocycles. The standard InChI is InChI=1S/C54H68N12O6/c1-6-34-11-12-36(46(23-34)72-5)28-56-50(70)44-24-40(67)33-66(44)51(71)47(53(2,3)4)59-49(69)35-13-15-54(16-14-35)26-37(27-54)62-17-19-63(20-18-62)38-29-57-52(58-30-38)64-21-22-65-39(32-64)31-55-48-43(65)25-42(60-61-48)41-9-7-8-10-45(41)68/h1,7-12,23,25,29-30,35,37,39-40,44,47,67-68H,13-22,24,26-28,31-33H2,2-5H3,(H,55,61)(H,56,70)(H,59,69)/t35-,37-,39-,40+,44-,47+,54?/m0/s1. The van der Waals surface area contributed by atoms with Crippen LogP contribution in [0.3, 0.4) is 0 Å². The van der Waals surface area contributed by atoms with Crippen LogP contribution < -0.4 is 35.4 Å². The van der Waals surface area contributed by atoms with Gasteiger partial charge in [0.25, 0.3) is 0 Å². The molecule has 380 valence electrons. The Morgan fingerprint density at radius 1 is 0.931 bits per heavy atom. The van der Waals surface area contributed by atoms with E-state index in [9.17, 15) is 24.6 Å². The highest BCUT2D eigenvalue weighted by atomic mass is 16.5. The van der Waals surface area contributed by atoms with E-state index in [1.165, 1.54) is 12.0 Å². The van der Waals surface area contributed by atoms with Crippen LogP contribution in [-0.2, 0) is 20.9 Å². The van der Waals surface area contributed by atoms with E-state index < -0.39 is 23.6 Å². The summed E-state index contributed by atoms with van der Waals surface area (Å²) >= 11 is 0. The monoisotopic (exact) mass is 981 g/mol. The van der Waals surface area contributed by atoms with Gasteiger partial charge in [-0.05, 0) is 79.7 Å². The molecule has 1 spiro atoms. The lowest BCUT2D eigenvalue weighted by atomic mass is 9.56. The van der Waals surface area contributed by atoms with Gasteiger partial charge in [0.15, 0.2) is 5.82 Å². The van der Waals surface area contributed by atoms with Crippen molar-refractivity contribution >= 4 is 40.9 Å². The number of aromatic nitrogens is 4. The number of rotatable bonds is 11. The average molecular weight is 981 g/mol. The molecule has 6 heterocycles. The Kier molecular flexibility index (Phi) is 13.6. The molecule has 18 heteroatoms. The molecule has 72 heavy (non-hydrogen) atoms. The van der Waals surface area contributed by atoms with Crippen LogP contribution in [0, 0.1) is 29.1 Å². The summed E-state index contributed by atoms with van der Waals surface area (Å²) in [5, 5.41) is 39.5. The number of likely N-dealkylation sites (tertiary alicyclic amines) is 1. The van der Waals surface area contributed by atoms with Gasteiger partial charge in [-0.2, -0.15) is 0 Å². The van der Waals surface area contributed by atoms with Crippen LogP contribution in [0.25, 0.3) is 11.3 Å². The fraction of sp³-hybridized carbons (Fsp3) is 0.537. The number of terminal acetylenes is 1. The molecule has 2 saturated carbocycles. The van der Waals surface area contributed by atoms with E-state index in [1.807, 2.05) is 51.4 Å². The summed E-state index contributed by atoms with van der Waals surface area (Å²) in [6.45, 7) is 12.8. The Morgan fingerprint density at radius 3 is 2.38 bits per heavy atom. The number of carbonyl (C=O) groups is 3. The number of fused-ring (bicyclic) bond motifs is 3. The number of hydrogen-bond acceptors (Lipinski definition) is 15. The average Bonchev–Trinajstić information content (AvgIpc) is 3.79. The summed E-state index contributed by atoms with van der Waals surface area (Å²) < 4.78 is 5.48. The minimum atomic E-state index is -0.880. The molecular weight excluding hydrogens is 913 g/mol. The quantitative estimate of drug-likeness (QED) is 0.135. The summed E-state index contributed by atoms with van der Waals surface area (Å²) in [5.74, 6) is 3.77. The molecular formula is C54H68N12O6. The Labute approximate surface area is 421 Å². The number of para-hydroxylation sites is 1. The fourth-order valence-corrected chi connectivity index (χ4v) is 12.0. The van der Waals surface area contributed by atoms with Crippen molar-refractivity contribution in [2.75, 3.05) is 86.0 Å². The maximum absolute atomic E-state index is 14.3. The van der Waals surface area contributed by atoms with Gasteiger partial charge in [0.1, 0.15) is 23.6 Å². The van der Waals surface area contributed by atoms with Gasteiger partial charge < -0.3 is 50.5 Å². The number of anilines is 4. The van der Waals surface area contributed by atoms with Gasteiger partial charge in [-0.3, -0.25) is 19.3 Å². The van der Waals surface area contributed by atoms with Crippen LogP contribution in [0.15, 0.2) is 60.9 Å². The van der Waals surface area contributed by atoms with Crippen molar-refractivity contribution in [3.63, 3.8) is 0 Å². The predicted molar refractivity (Wildman–Crippen MR) is 274 cm³/mol. The Bertz CT molecular complexity index is 2680. The van der Waals surface area contributed by atoms with Gasteiger partial charge in [-0.15, -0.1) is 16.6 Å². The molecule has 18 nitrogen and oxygen atoms in total. The van der Waals surface area contributed by atoms with E-state index in [4.69, 9.17) is 21.1 Å². The largest absolute Gasteiger partial charge is 0.507 e. The zero-order valence-electron chi connectivity index (χ0n) is 41.9. The highest BCUT2D eigenvalue weighted by Crippen LogP contribution is 2.54. The van der Waals surface area contributed by atoms with Crippen LogP contribution in [0.1, 0.15) is 76.8 Å². The van der Waals surface area contributed by atoms with Crippen molar-refractivity contribution in [2.24, 2.45) is 16.7 Å². The molecule has 4 atom stereocenters. The number of β-amino-alcohol motifs (C(OH)–C–C–N with tert-alkyl or cyclic N) is 1. The lowest BCUT2D eigenvalue weighted by Crippen LogP contribution is -2.59. The summed E-state index contributed by atoms with van der Waals surface area (Å²) in [6.07, 6.45) is 14.6. The van der Waals surface area contributed by atoms with E-state index in [-0.39, 0.29) is 60.4 Å². The maximum atomic E-state index is 14.3. The number of ether oxygens (including phenoxy) is 1.